The van der Waals surface area contributed by atoms with E-state index in [2.05, 4.69) is 20.8 Å². The normalized spacial score (nSPS) is 15.7. The Morgan fingerprint density at radius 1 is 1.41 bits per heavy atom. The van der Waals surface area contributed by atoms with Crippen LogP contribution in [0.1, 0.15) is 17.8 Å². The summed E-state index contributed by atoms with van der Waals surface area (Å²) in [6.07, 6.45) is -2.57. The molecule has 1 fully saturated rings. The van der Waals surface area contributed by atoms with E-state index in [4.69, 9.17) is 0 Å². The molecule has 0 aliphatic heterocycles. The van der Waals surface area contributed by atoms with Crippen molar-refractivity contribution in [3.8, 4) is 0 Å². The monoisotopic (exact) mass is 266 g/mol. The molecule has 2 N–H and O–H groups in total. The van der Waals surface area contributed by atoms with Crippen molar-refractivity contribution in [3.05, 3.63) is 5.01 Å². The van der Waals surface area contributed by atoms with Crippen molar-refractivity contribution in [2.75, 3.05) is 11.9 Å². The zero-order valence-corrected chi connectivity index (χ0v) is 9.36. The minimum absolute atomic E-state index is 0.0109. The third-order valence-corrected chi connectivity index (χ3v) is 2.94. The second-order valence-corrected chi connectivity index (χ2v) is 4.58. The molecule has 1 heterocycles. The van der Waals surface area contributed by atoms with Gasteiger partial charge in [-0.05, 0) is 12.8 Å². The number of nitrogens with one attached hydrogen (secondary N) is 2. The lowest BCUT2D eigenvalue weighted by Crippen LogP contribution is -2.31. The number of hydrogen-bond acceptors (Lipinski definition) is 5. The molecule has 1 saturated carbocycles. The van der Waals surface area contributed by atoms with Crippen LogP contribution in [-0.2, 0) is 11.0 Å². The molecule has 0 spiro atoms. The van der Waals surface area contributed by atoms with E-state index in [1.807, 2.05) is 0 Å². The van der Waals surface area contributed by atoms with Gasteiger partial charge in [-0.25, -0.2) is 0 Å². The maximum Gasteiger partial charge on any atom is 0.445 e. The van der Waals surface area contributed by atoms with Gasteiger partial charge in [-0.1, -0.05) is 11.3 Å². The zero-order chi connectivity index (χ0) is 12.5. The van der Waals surface area contributed by atoms with Crippen LogP contribution in [0.2, 0.25) is 0 Å². The molecule has 1 amide bonds. The largest absolute Gasteiger partial charge is 0.445 e. The van der Waals surface area contributed by atoms with Crippen molar-refractivity contribution in [2.45, 2.75) is 25.1 Å². The molecule has 0 unspecified atom stereocenters. The summed E-state index contributed by atoms with van der Waals surface area (Å²) in [6, 6.07) is 0.226. The highest BCUT2D eigenvalue weighted by atomic mass is 32.1. The van der Waals surface area contributed by atoms with E-state index in [1.165, 1.54) is 0 Å². The molecular weight excluding hydrogens is 257 g/mol. The van der Waals surface area contributed by atoms with Gasteiger partial charge in [0.15, 0.2) is 0 Å². The van der Waals surface area contributed by atoms with Crippen LogP contribution < -0.4 is 10.6 Å². The topological polar surface area (TPSA) is 66.9 Å². The summed E-state index contributed by atoms with van der Waals surface area (Å²) in [5.74, 6) is -0.253. The molecular formula is C8H9F3N4OS. The lowest BCUT2D eigenvalue weighted by Gasteiger charge is -2.03. The third kappa shape index (κ3) is 3.55. The number of rotatable bonds is 4. The first-order valence-corrected chi connectivity index (χ1v) is 5.71. The van der Waals surface area contributed by atoms with E-state index < -0.39 is 11.2 Å². The summed E-state index contributed by atoms with van der Waals surface area (Å²) >= 11 is 0.378. The summed E-state index contributed by atoms with van der Waals surface area (Å²) in [7, 11) is 0. The average Bonchev–Trinajstić information content (AvgIpc) is 2.90. The van der Waals surface area contributed by atoms with Crippen LogP contribution in [0, 0.1) is 0 Å². The van der Waals surface area contributed by atoms with E-state index in [1.54, 1.807) is 0 Å². The van der Waals surface area contributed by atoms with Crippen molar-refractivity contribution in [1.82, 2.24) is 15.5 Å². The van der Waals surface area contributed by atoms with Crippen LogP contribution in [0.5, 0.6) is 0 Å². The first-order chi connectivity index (χ1) is 7.95. The van der Waals surface area contributed by atoms with Crippen LogP contribution in [0.3, 0.4) is 0 Å². The van der Waals surface area contributed by atoms with Crippen LogP contribution >= 0.6 is 11.3 Å². The number of carbonyl (C=O) groups excluding carboxylic acids is 1. The number of amides is 1. The molecule has 0 radical (unpaired) electrons. The highest BCUT2D eigenvalue weighted by Gasteiger charge is 2.35. The molecule has 0 saturated heterocycles. The molecule has 1 aromatic rings. The van der Waals surface area contributed by atoms with Gasteiger partial charge in [0.25, 0.3) is 0 Å². The van der Waals surface area contributed by atoms with Gasteiger partial charge < -0.3 is 10.6 Å². The van der Waals surface area contributed by atoms with Crippen LogP contribution in [-0.4, -0.2) is 28.7 Å². The van der Waals surface area contributed by atoms with Gasteiger partial charge in [0.2, 0.25) is 16.0 Å². The molecule has 5 nitrogen and oxygen atoms in total. The lowest BCUT2D eigenvalue weighted by atomic mass is 10.5. The highest BCUT2D eigenvalue weighted by molar-refractivity contribution is 7.15. The minimum Gasteiger partial charge on any atom is -0.352 e. The van der Waals surface area contributed by atoms with Gasteiger partial charge in [0, 0.05) is 6.04 Å². The first-order valence-electron chi connectivity index (χ1n) is 4.89. The number of nitrogens with zero attached hydrogens (tertiary/aromatic N) is 2. The van der Waals surface area contributed by atoms with Crippen LogP contribution in [0.4, 0.5) is 18.3 Å². The predicted molar refractivity (Wildman–Crippen MR) is 54.6 cm³/mol. The van der Waals surface area contributed by atoms with Gasteiger partial charge >= 0.3 is 6.18 Å². The Bertz CT molecular complexity index is 415. The van der Waals surface area contributed by atoms with Gasteiger partial charge in [-0.3, -0.25) is 4.79 Å². The molecule has 0 atom stereocenters. The summed E-state index contributed by atoms with van der Waals surface area (Å²) in [5.41, 5.74) is 0. The van der Waals surface area contributed by atoms with E-state index in [-0.39, 0.29) is 23.6 Å². The molecule has 1 aliphatic rings. The van der Waals surface area contributed by atoms with Crippen molar-refractivity contribution in [1.29, 1.82) is 0 Å². The van der Waals surface area contributed by atoms with Gasteiger partial charge in [0.1, 0.15) is 0 Å². The Morgan fingerprint density at radius 2 is 2.12 bits per heavy atom. The second kappa shape index (κ2) is 4.47. The highest BCUT2D eigenvalue weighted by Crippen LogP contribution is 2.32. The fourth-order valence-corrected chi connectivity index (χ4v) is 1.68. The molecule has 1 aromatic heterocycles. The number of aromatic nitrogens is 2. The lowest BCUT2D eigenvalue weighted by molar-refractivity contribution is -0.138. The van der Waals surface area contributed by atoms with E-state index in [9.17, 15) is 18.0 Å². The maximum atomic E-state index is 12.2. The van der Waals surface area contributed by atoms with Gasteiger partial charge in [-0.2, -0.15) is 13.2 Å². The number of alkyl halides is 3. The van der Waals surface area contributed by atoms with Gasteiger partial charge in [-0.15, -0.1) is 10.2 Å². The Labute approximate surface area is 98.4 Å². The molecule has 9 heteroatoms. The fourth-order valence-electron chi connectivity index (χ4n) is 1.07. The molecule has 2 rings (SSSR count). The minimum atomic E-state index is -4.49. The summed E-state index contributed by atoms with van der Waals surface area (Å²) < 4.78 is 36.5. The number of anilines is 1. The predicted octanol–water partition coefficient (Wildman–Crippen LogP) is 1.25. The molecule has 94 valence electrons. The zero-order valence-electron chi connectivity index (χ0n) is 8.54. The smallest absolute Gasteiger partial charge is 0.352 e. The molecule has 1 aliphatic carbocycles. The number of hydrogen-bond donors (Lipinski definition) is 2. The van der Waals surface area contributed by atoms with Crippen molar-refractivity contribution in [2.24, 2.45) is 0 Å². The van der Waals surface area contributed by atoms with Crippen molar-refractivity contribution < 1.29 is 18.0 Å². The van der Waals surface area contributed by atoms with E-state index >= 15 is 0 Å². The Morgan fingerprint density at radius 3 is 2.65 bits per heavy atom. The van der Waals surface area contributed by atoms with Gasteiger partial charge in [0.05, 0.1) is 6.54 Å². The van der Waals surface area contributed by atoms with Crippen molar-refractivity contribution in [3.63, 3.8) is 0 Å². The van der Waals surface area contributed by atoms with Crippen LogP contribution in [0.15, 0.2) is 0 Å². The standard InChI is InChI=1S/C8H9F3N4OS/c9-8(10,11)6-14-15-7(17-6)12-3-5(16)13-4-1-2-4/h4H,1-3H2,(H,12,15)(H,13,16). The van der Waals surface area contributed by atoms with Crippen molar-refractivity contribution >= 4 is 22.4 Å². The number of carbonyl (C=O) groups is 1. The summed E-state index contributed by atoms with van der Waals surface area (Å²) in [6.45, 7) is -0.0943. The van der Waals surface area contributed by atoms with E-state index in [0.717, 1.165) is 12.8 Å². The Kier molecular flexibility index (Phi) is 3.18. The Balaban J connectivity index is 1.82. The Hall–Kier alpha value is -1.38. The number of halogens is 3. The quantitative estimate of drug-likeness (QED) is 0.860. The molecule has 0 aromatic carbocycles. The summed E-state index contributed by atoms with van der Waals surface area (Å²) in [4.78, 5) is 11.2. The third-order valence-electron chi connectivity index (χ3n) is 2.01. The molecule has 0 bridgehead atoms. The summed E-state index contributed by atoms with van der Waals surface area (Å²) in [5, 5.41) is 10.5. The molecule has 17 heavy (non-hydrogen) atoms. The van der Waals surface area contributed by atoms with E-state index in [0.29, 0.717) is 11.3 Å². The second-order valence-electron chi connectivity index (χ2n) is 3.61. The SMILES string of the molecule is O=C(CNc1nnc(C(F)(F)F)s1)NC1CC1. The van der Waals surface area contributed by atoms with Crippen LogP contribution in [0.25, 0.3) is 0 Å². The average molecular weight is 266 g/mol. The maximum absolute atomic E-state index is 12.2. The first kappa shape index (κ1) is 12.1. The fraction of sp³-hybridized carbons (Fsp3) is 0.625.